The molecule has 4 aliphatic carbocycles. The van der Waals surface area contributed by atoms with Gasteiger partial charge in [0.25, 0.3) is 0 Å². The molecule has 0 aromatic carbocycles. The molecule has 0 radical (unpaired) electrons. The number of aliphatic hydroxyl groups is 9. The molecule has 342 valence electrons. The van der Waals surface area contributed by atoms with Crippen molar-refractivity contribution in [3.8, 4) is 0 Å². The van der Waals surface area contributed by atoms with E-state index in [1.807, 2.05) is 0 Å². The highest BCUT2D eigenvalue weighted by molar-refractivity contribution is 5.85. The minimum absolute atomic E-state index is 0.00760. The van der Waals surface area contributed by atoms with E-state index in [0.29, 0.717) is 18.4 Å². The summed E-state index contributed by atoms with van der Waals surface area (Å²) in [6.45, 7) is 5.42. The van der Waals surface area contributed by atoms with Gasteiger partial charge >= 0.3 is 5.97 Å². The molecule has 3 saturated heterocycles. The van der Waals surface area contributed by atoms with E-state index in [9.17, 15) is 50.8 Å². The summed E-state index contributed by atoms with van der Waals surface area (Å²) < 4.78 is 46.6. The van der Waals surface area contributed by atoms with Crippen molar-refractivity contribution in [2.45, 2.75) is 182 Å². The molecular formula is C42H66O18. The van der Waals surface area contributed by atoms with Gasteiger partial charge < -0.3 is 83.9 Å². The minimum Gasteiger partial charge on any atom is -0.458 e. The quantitative estimate of drug-likeness (QED) is 0.0918. The molecule has 0 unspecified atom stereocenters. The molecule has 4 heterocycles. The molecule has 23 atom stereocenters. The number of methoxy groups -OCH3 is 1. The van der Waals surface area contributed by atoms with E-state index in [1.54, 1.807) is 13.0 Å². The van der Waals surface area contributed by atoms with Gasteiger partial charge in [0.2, 0.25) is 0 Å². The highest BCUT2D eigenvalue weighted by atomic mass is 16.8. The average Bonchev–Trinajstić information content (AvgIpc) is 3.78. The molecule has 60 heavy (non-hydrogen) atoms. The van der Waals surface area contributed by atoms with E-state index in [2.05, 4.69) is 13.8 Å². The predicted molar refractivity (Wildman–Crippen MR) is 203 cm³/mol. The molecular weight excluding hydrogens is 792 g/mol. The molecule has 18 nitrogen and oxygen atoms in total. The van der Waals surface area contributed by atoms with Crippen LogP contribution in [0.4, 0.5) is 0 Å². The Labute approximate surface area is 349 Å². The number of aliphatic hydroxyl groups excluding tert-OH is 8. The Bertz CT molecular complexity index is 1570. The summed E-state index contributed by atoms with van der Waals surface area (Å²) in [5.41, 5.74) is -0.0850. The van der Waals surface area contributed by atoms with E-state index in [0.717, 1.165) is 63.4 Å². The fourth-order valence-corrected chi connectivity index (χ4v) is 13.0. The Hall–Kier alpha value is -1.43. The van der Waals surface area contributed by atoms with Crippen molar-refractivity contribution >= 4 is 5.97 Å². The summed E-state index contributed by atoms with van der Waals surface area (Å²) in [5.74, 6) is 0.725. The van der Waals surface area contributed by atoms with Crippen LogP contribution in [-0.4, -0.2) is 183 Å². The van der Waals surface area contributed by atoms with Crippen LogP contribution in [0.2, 0.25) is 0 Å². The number of carbonyl (C=O) groups excluding carboxylic acids is 1. The smallest absolute Gasteiger partial charge is 0.331 e. The predicted octanol–water partition coefficient (Wildman–Crippen LogP) is -1.24. The first-order valence-electron chi connectivity index (χ1n) is 21.8. The Morgan fingerprint density at radius 2 is 1.42 bits per heavy atom. The molecule has 4 aliphatic heterocycles. The Morgan fingerprint density at radius 1 is 0.733 bits per heavy atom. The second-order valence-corrected chi connectivity index (χ2v) is 19.4. The zero-order valence-electron chi connectivity index (χ0n) is 34.8. The molecule has 0 bridgehead atoms. The summed E-state index contributed by atoms with van der Waals surface area (Å²) in [7, 11) is 1.39. The lowest BCUT2D eigenvalue weighted by Gasteiger charge is -2.64. The van der Waals surface area contributed by atoms with Crippen molar-refractivity contribution in [3.05, 3.63) is 11.6 Å². The SMILES string of the molecule is CO[C@H]1[C@H](O)[C@H](O[C@H]2CC[C@@]3(C)[C@H](CC[C@@H]4[C@@H]3CC[C@]3(C)[C@@H](C5=CC(=O)OC5)CC[C@]43O)C2)O[C@@H](C)[C@@H]1O[C@H]1O[C@@H](CO[C@@H]2O[C@H](CO)[C@@H](O)[C@H](O)[C@H]2O)[C@H](O)[C@@H](O)[C@@H]1O. The molecule has 0 spiro atoms. The number of carbonyl (C=O) groups is 1. The average molecular weight is 859 g/mol. The lowest BCUT2D eigenvalue weighted by molar-refractivity contribution is -0.367. The van der Waals surface area contributed by atoms with Crippen LogP contribution in [0.1, 0.15) is 78.6 Å². The molecule has 7 fully saturated rings. The van der Waals surface area contributed by atoms with Crippen LogP contribution in [0.25, 0.3) is 0 Å². The molecule has 9 N–H and O–H groups in total. The first-order chi connectivity index (χ1) is 28.4. The monoisotopic (exact) mass is 858 g/mol. The van der Waals surface area contributed by atoms with Crippen molar-refractivity contribution in [2.24, 2.45) is 34.5 Å². The van der Waals surface area contributed by atoms with E-state index in [-0.39, 0.29) is 34.7 Å². The largest absolute Gasteiger partial charge is 0.458 e. The number of ether oxygens (including phenoxy) is 8. The van der Waals surface area contributed by atoms with Crippen LogP contribution in [0.5, 0.6) is 0 Å². The maximum atomic E-state index is 12.6. The Kier molecular flexibility index (Phi) is 12.9. The van der Waals surface area contributed by atoms with Crippen molar-refractivity contribution in [1.29, 1.82) is 0 Å². The van der Waals surface area contributed by atoms with Crippen molar-refractivity contribution < 1.29 is 88.6 Å². The van der Waals surface area contributed by atoms with Crippen molar-refractivity contribution in [1.82, 2.24) is 0 Å². The van der Waals surface area contributed by atoms with Crippen molar-refractivity contribution in [3.63, 3.8) is 0 Å². The summed E-state index contributed by atoms with van der Waals surface area (Å²) in [5, 5.41) is 96.6. The zero-order valence-corrected chi connectivity index (χ0v) is 34.8. The van der Waals surface area contributed by atoms with Gasteiger partial charge in [-0.25, -0.2) is 4.79 Å². The van der Waals surface area contributed by atoms with Gasteiger partial charge in [-0.2, -0.15) is 0 Å². The molecule has 0 aromatic heterocycles. The molecule has 0 aromatic rings. The minimum atomic E-state index is -1.77. The van der Waals surface area contributed by atoms with Crippen LogP contribution in [0, 0.1) is 34.5 Å². The van der Waals surface area contributed by atoms with E-state index >= 15 is 0 Å². The third-order valence-electron chi connectivity index (χ3n) is 16.5. The fourth-order valence-electron chi connectivity index (χ4n) is 13.0. The zero-order chi connectivity index (χ0) is 43.1. The molecule has 18 heteroatoms. The van der Waals surface area contributed by atoms with Crippen LogP contribution >= 0.6 is 0 Å². The topological polar surface area (TPSA) is 273 Å². The molecule has 8 aliphatic rings. The molecule has 0 amide bonds. The molecule has 4 saturated carbocycles. The van der Waals surface area contributed by atoms with Gasteiger partial charge in [0.05, 0.1) is 31.0 Å². The highest BCUT2D eigenvalue weighted by Crippen LogP contribution is 2.70. The van der Waals surface area contributed by atoms with E-state index in [4.69, 9.17) is 37.9 Å². The first kappa shape index (κ1) is 45.1. The maximum absolute atomic E-state index is 12.6. The normalized spacial score (nSPS) is 54.4. The summed E-state index contributed by atoms with van der Waals surface area (Å²) >= 11 is 0. The van der Waals surface area contributed by atoms with Gasteiger partial charge in [-0.3, -0.25) is 0 Å². The van der Waals surface area contributed by atoms with Crippen LogP contribution < -0.4 is 0 Å². The fraction of sp³-hybridized carbons (Fsp3) is 0.929. The number of esters is 1. The lowest BCUT2D eigenvalue weighted by atomic mass is 9.43. The Balaban J connectivity index is 0.875. The van der Waals surface area contributed by atoms with Gasteiger partial charge in [0.1, 0.15) is 73.8 Å². The number of hydrogen-bond donors (Lipinski definition) is 9. The Morgan fingerprint density at radius 3 is 2.10 bits per heavy atom. The van der Waals surface area contributed by atoms with Gasteiger partial charge in [-0.05, 0) is 99.4 Å². The van der Waals surface area contributed by atoms with Gasteiger partial charge in [-0.1, -0.05) is 13.8 Å². The number of fused-ring (bicyclic) bond motifs is 5. The highest BCUT2D eigenvalue weighted by Gasteiger charge is 2.68. The number of cyclic esters (lactones) is 1. The second-order valence-electron chi connectivity index (χ2n) is 19.4. The maximum Gasteiger partial charge on any atom is 0.331 e. The first-order valence-corrected chi connectivity index (χ1v) is 21.8. The third kappa shape index (κ3) is 7.50. The summed E-state index contributed by atoms with van der Waals surface area (Å²) in [4.78, 5) is 12.0. The number of hydrogen-bond acceptors (Lipinski definition) is 18. The van der Waals surface area contributed by atoms with Gasteiger partial charge in [0.15, 0.2) is 18.9 Å². The molecule has 8 rings (SSSR count). The van der Waals surface area contributed by atoms with E-state index in [1.165, 1.54) is 7.11 Å². The summed E-state index contributed by atoms with van der Waals surface area (Å²) in [6, 6.07) is 0. The second kappa shape index (κ2) is 17.2. The van der Waals surface area contributed by atoms with Crippen LogP contribution in [-0.2, 0) is 42.7 Å². The van der Waals surface area contributed by atoms with Gasteiger partial charge in [-0.15, -0.1) is 0 Å². The van der Waals surface area contributed by atoms with Gasteiger partial charge in [0, 0.05) is 18.6 Å². The number of rotatable bonds is 10. The standard InChI is InChI=1S/C42H66O18/c1-18-35(60-38-33(50)31(48)29(46)26(59-38)17-55-37-32(49)30(47)28(45)25(15-43)58-37)36(53-4)34(51)39(56-18)57-21-7-10-40(2)20(14-21)5-6-24-23(40)8-11-41(3)22(9-12-42(24,41)52)19-13-27(44)54-16-19/h13,18,20-26,28-39,43,45-52H,5-12,14-17H2,1-4H3/t18-,20+,21-,22+,23-,24+,25+,26-,28+,29-,30-,31+,32+,33-,34-,35-,36-,37+,38+,39-,40-,41+,42-/m0/s1. The third-order valence-corrected chi connectivity index (χ3v) is 16.5. The van der Waals surface area contributed by atoms with Crippen LogP contribution in [0.15, 0.2) is 11.6 Å². The lowest BCUT2D eigenvalue weighted by Crippen LogP contribution is -2.65. The summed E-state index contributed by atoms with van der Waals surface area (Å²) in [6.07, 6.45) is -11.9. The van der Waals surface area contributed by atoms with Crippen molar-refractivity contribution in [2.75, 3.05) is 26.9 Å². The van der Waals surface area contributed by atoms with E-state index < -0.39 is 111 Å². The van der Waals surface area contributed by atoms with Crippen LogP contribution in [0.3, 0.4) is 0 Å².